The molecule has 0 aliphatic heterocycles. The number of likely N-dealkylation sites (N-methyl/N-ethyl adjacent to an activating group) is 1. The van der Waals surface area contributed by atoms with Crippen molar-refractivity contribution in [3.8, 4) is 0 Å². The number of hydrogen-bond acceptors (Lipinski definition) is 5. The van der Waals surface area contributed by atoms with Gasteiger partial charge in [-0.25, -0.2) is 4.98 Å². The summed E-state index contributed by atoms with van der Waals surface area (Å²) in [7, 11) is 2.03. The number of aromatic amines is 1. The second kappa shape index (κ2) is 7.03. The maximum Gasteiger partial charge on any atom is 0.238 e. The molecule has 3 rings (SSSR count). The van der Waals surface area contributed by atoms with Crippen LogP contribution in [-0.2, 0) is 17.6 Å². The van der Waals surface area contributed by atoms with Gasteiger partial charge in [-0.15, -0.1) is 11.3 Å². The molecular weight excluding hydrogens is 322 g/mol. The van der Waals surface area contributed by atoms with Crippen molar-refractivity contribution in [2.24, 2.45) is 0 Å². The van der Waals surface area contributed by atoms with Crippen molar-refractivity contribution in [1.29, 1.82) is 0 Å². The third-order valence-electron chi connectivity index (χ3n) is 4.59. The summed E-state index contributed by atoms with van der Waals surface area (Å²) >= 11 is 1.81. The first-order valence-electron chi connectivity index (χ1n) is 8.49. The van der Waals surface area contributed by atoms with Crippen molar-refractivity contribution in [2.75, 3.05) is 18.9 Å². The highest BCUT2D eigenvalue weighted by atomic mass is 32.1. The average Bonchev–Trinajstić information content (AvgIpc) is 3.12. The number of aromatic nitrogens is 3. The molecule has 6 nitrogen and oxygen atoms in total. The fourth-order valence-corrected chi connectivity index (χ4v) is 4.52. The Morgan fingerprint density at radius 3 is 2.92 bits per heavy atom. The van der Waals surface area contributed by atoms with Gasteiger partial charge in [0, 0.05) is 10.9 Å². The highest BCUT2D eigenvalue weighted by Gasteiger charge is 2.28. The van der Waals surface area contributed by atoms with Crippen molar-refractivity contribution >= 4 is 22.9 Å². The Bertz CT molecular complexity index is 716. The molecular formula is C17H25N5OS. The lowest BCUT2D eigenvalue weighted by molar-refractivity contribution is -0.117. The molecule has 2 N–H and O–H groups in total. The van der Waals surface area contributed by atoms with Crippen LogP contribution in [0.25, 0.3) is 0 Å². The number of nitrogens with one attached hydrogen (secondary N) is 2. The van der Waals surface area contributed by atoms with E-state index in [1.165, 1.54) is 15.6 Å². The van der Waals surface area contributed by atoms with Gasteiger partial charge < -0.3 is 5.32 Å². The van der Waals surface area contributed by atoms with Crippen molar-refractivity contribution in [1.82, 2.24) is 20.1 Å². The van der Waals surface area contributed by atoms with Crippen LogP contribution in [0.3, 0.4) is 0 Å². The largest absolute Gasteiger partial charge is 0.322 e. The van der Waals surface area contributed by atoms with E-state index in [1.54, 1.807) is 0 Å². The van der Waals surface area contributed by atoms with E-state index in [4.69, 9.17) is 4.98 Å². The van der Waals surface area contributed by atoms with Gasteiger partial charge in [0.25, 0.3) is 0 Å². The number of amides is 1. The first-order chi connectivity index (χ1) is 11.5. The van der Waals surface area contributed by atoms with Crippen LogP contribution in [0.4, 0.5) is 5.69 Å². The van der Waals surface area contributed by atoms with Crippen molar-refractivity contribution < 1.29 is 4.79 Å². The van der Waals surface area contributed by atoms with Gasteiger partial charge in [0.05, 0.1) is 34.3 Å². The Kier molecular flexibility index (Phi) is 5.01. The first kappa shape index (κ1) is 17.1. The summed E-state index contributed by atoms with van der Waals surface area (Å²) in [4.78, 5) is 20.7. The molecule has 0 saturated carbocycles. The highest BCUT2D eigenvalue weighted by molar-refractivity contribution is 7.11. The number of aryl methyl sites for hydroxylation is 4. The van der Waals surface area contributed by atoms with E-state index in [9.17, 15) is 4.79 Å². The van der Waals surface area contributed by atoms with Gasteiger partial charge in [0.1, 0.15) is 0 Å². The molecule has 1 atom stereocenters. The van der Waals surface area contributed by atoms with Crippen molar-refractivity contribution in [3.63, 3.8) is 0 Å². The maximum absolute atomic E-state index is 12.4. The summed E-state index contributed by atoms with van der Waals surface area (Å²) in [5.41, 5.74) is 3.74. The minimum atomic E-state index is -0.00236. The normalized spacial score (nSPS) is 17.1. The zero-order valence-corrected chi connectivity index (χ0v) is 15.6. The fourth-order valence-electron chi connectivity index (χ4n) is 3.27. The number of carbonyl (C=O) groups is 1. The van der Waals surface area contributed by atoms with E-state index < -0.39 is 0 Å². The van der Waals surface area contributed by atoms with Crippen LogP contribution in [0.2, 0.25) is 0 Å². The molecule has 1 aliphatic rings. The molecule has 0 spiro atoms. The molecule has 2 aromatic rings. The van der Waals surface area contributed by atoms with Gasteiger partial charge in [-0.1, -0.05) is 6.92 Å². The van der Waals surface area contributed by atoms with Crippen LogP contribution in [0.15, 0.2) is 0 Å². The van der Waals surface area contributed by atoms with Gasteiger partial charge in [0.2, 0.25) is 5.91 Å². The number of anilines is 1. The zero-order valence-electron chi connectivity index (χ0n) is 14.8. The minimum Gasteiger partial charge on any atom is -0.322 e. The van der Waals surface area contributed by atoms with E-state index in [1.807, 2.05) is 32.2 Å². The van der Waals surface area contributed by atoms with Gasteiger partial charge in [0.15, 0.2) is 0 Å². The van der Waals surface area contributed by atoms with E-state index in [0.29, 0.717) is 12.6 Å². The Morgan fingerprint density at radius 2 is 2.25 bits per heavy atom. The number of rotatable bonds is 5. The van der Waals surface area contributed by atoms with E-state index in [2.05, 4.69) is 27.3 Å². The lowest BCUT2D eigenvalue weighted by atomic mass is 9.97. The second-order valence-electron chi connectivity index (χ2n) is 6.45. The first-order valence-corrected chi connectivity index (χ1v) is 9.31. The second-order valence-corrected chi connectivity index (χ2v) is 7.57. The quantitative estimate of drug-likeness (QED) is 0.872. The molecule has 1 amide bonds. The molecule has 7 heteroatoms. The van der Waals surface area contributed by atoms with Crippen LogP contribution in [0.5, 0.6) is 0 Å². The number of H-pyrrole nitrogens is 1. The summed E-state index contributed by atoms with van der Waals surface area (Å²) in [6, 6.07) is 0.295. The minimum absolute atomic E-state index is 0.00236. The monoisotopic (exact) mass is 347 g/mol. The molecule has 1 aliphatic carbocycles. The zero-order chi connectivity index (χ0) is 17.3. The average molecular weight is 347 g/mol. The lowest BCUT2D eigenvalue weighted by Gasteiger charge is -2.30. The van der Waals surface area contributed by atoms with Crippen LogP contribution in [-0.4, -0.2) is 39.6 Å². The number of carbonyl (C=O) groups excluding carboxylic acids is 1. The maximum atomic E-state index is 12.4. The molecule has 0 radical (unpaired) electrons. The predicted molar refractivity (Wildman–Crippen MR) is 96.5 cm³/mol. The summed E-state index contributed by atoms with van der Waals surface area (Å²) in [5.74, 6) is -0.00236. The molecule has 1 unspecified atom stereocenters. The highest BCUT2D eigenvalue weighted by Crippen LogP contribution is 2.37. The fraction of sp³-hybridized carbons (Fsp3) is 0.588. The van der Waals surface area contributed by atoms with Gasteiger partial charge >= 0.3 is 0 Å². The van der Waals surface area contributed by atoms with Crippen LogP contribution >= 0.6 is 11.3 Å². The number of thiazole rings is 1. The molecule has 130 valence electrons. The van der Waals surface area contributed by atoms with Crippen LogP contribution < -0.4 is 5.32 Å². The summed E-state index contributed by atoms with van der Waals surface area (Å²) in [6.45, 7) is 6.32. The van der Waals surface area contributed by atoms with Gasteiger partial charge in [-0.2, -0.15) is 5.10 Å². The predicted octanol–water partition coefficient (Wildman–Crippen LogP) is 2.99. The standard InChI is InChI=1S/C17H25N5OS/c1-5-15-18-12-7-6-8-13(17(12)24-15)22(4)9-14(23)19-16-10(2)20-21-11(16)3/h13H,5-9H2,1-4H3,(H,19,23)(H,20,21). The van der Waals surface area contributed by atoms with Crippen LogP contribution in [0, 0.1) is 13.8 Å². The summed E-state index contributed by atoms with van der Waals surface area (Å²) < 4.78 is 0. The molecule has 24 heavy (non-hydrogen) atoms. The van der Waals surface area contributed by atoms with Crippen LogP contribution in [0.1, 0.15) is 52.8 Å². The Labute approximate surface area is 146 Å². The SMILES string of the molecule is CCc1nc2c(s1)C(N(C)CC(=O)Nc1c(C)n[nH]c1C)CCC2. The molecule has 0 saturated heterocycles. The molecule has 0 aromatic carbocycles. The summed E-state index contributed by atoms with van der Waals surface area (Å²) in [5, 5.41) is 11.2. The number of nitrogens with zero attached hydrogens (tertiary/aromatic N) is 3. The Hall–Kier alpha value is -1.73. The number of hydrogen-bond donors (Lipinski definition) is 2. The molecule has 0 fully saturated rings. The number of fused-ring (bicyclic) bond motifs is 1. The lowest BCUT2D eigenvalue weighted by Crippen LogP contribution is -2.34. The third-order valence-corrected chi connectivity index (χ3v) is 5.93. The topological polar surface area (TPSA) is 73.9 Å². The Morgan fingerprint density at radius 1 is 1.46 bits per heavy atom. The molecule has 2 aromatic heterocycles. The van der Waals surface area contributed by atoms with Gasteiger partial charge in [-0.3, -0.25) is 14.8 Å². The molecule has 0 bridgehead atoms. The third kappa shape index (κ3) is 3.37. The smallest absolute Gasteiger partial charge is 0.238 e. The van der Waals surface area contributed by atoms with E-state index >= 15 is 0 Å². The van der Waals surface area contributed by atoms with Gasteiger partial charge in [-0.05, 0) is 46.6 Å². The van der Waals surface area contributed by atoms with E-state index in [0.717, 1.165) is 42.8 Å². The van der Waals surface area contributed by atoms with Crippen molar-refractivity contribution in [2.45, 2.75) is 52.5 Å². The molecule has 2 heterocycles. The Balaban J connectivity index is 1.68. The summed E-state index contributed by atoms with van der Waals surface area (Å²) in [6.07, 6.45) is 4.27. The van der Waals surface area contributed by atoms with Crippen molar-refractivity contribution in [3.05, 3.63) is 27.0 Å². The van der Waals surface area contributed by atoms with E-state index in [-0.39, 0.29) is 5.91 Å².